The van der Waals surface area contributed by atoms with Crippen LogP contribution >= 0.6 is 22.6 Å². The van der Waals surface area contributed by atoms with Gasteiger partial charge in [-0.25, -0.2) is 0 Å². The molecule has 0 atom stereocenters. The highest BCUT2D eigenvalue weighted by molar-refractivity contribution is 14.1. The molecule has 0 aliphatic heterocycles. The lowest BCUT2D eigenvalue weighted by atomic mass is 9.88. The molecule has 0 fully saturated rings. The van der Waals surface area contributed by atoms with E-state index in [2.05, 4.69) is 22.6 Å². The third-order valence-corrected chi connectivity index (χ3v) is 1.57. The second kappa shape index (κ2) is 2.78. The third-order valence-electron chi connectivity index (χ3n) is 0.942. The average Bonchev–Trinajstić information content (AvgIpc) is 1.59. The quantitative estimate of drug-likeness (QED) is 0.425. The van der Waals surface area contributed by atoms with Gasteiger partial charge in [0.15, 0.2) is 0 Å². The molecular formula is C6H3B2I. The average molecular weight is 224 g/mol. The molecule has 0 saturated heterocycles. The molecule has 0 spiro atoms. The summed E-state index contributed by atoms with van der Waals surface area (Å²) in [6.07, 6.45) is 0. The molecule has 1 rings (SSSR count). The molecule has 0 saturated carbocycles. The van der Waals surface area contributed by atoms with Crippen molar-refractivity contribution in [3.05, 3.63) is 21.8 Å². The fourth-order valence-electron chi connectivity index (χ4n) is 0.636. The van der Waals surface area contributed by atoms with E-state index in [-0.39, 0.29) is 0 Å². The number of benzene rings is 1. The van der Waals surface area contributed by atoms with Crippen LogP contribution in [0, 0.1) is 3.57 Å². The Morgan fingerprint density at radius 3 is 1.78 bits per heavy atom. The van der Waals surface area contributed by atoms with E-state index in [1.165, 1.54) is 0 Å². The molecule has 9 heavy (non-hydrogen) atoms. The molecule has 1 aromatic carbocycles. The monoisotopic (exact) mass is 224 g/mol. The lowest BCUT2D eigenvalue weighted by Crippen LogP contribution is -2.13. The maximum Gasteiger partial charge on any atom is 0.113 e. The number of rotatable bonds is 0. The van der Waals surface area contributed by atoms with E-state index in [4.69, 9.17) is 15.7 Å². The lowest BCUT2D eigenvalue weighted by molar-refractivity contribution is 1.75. The van der Waals surface area contributed by atoms with Crippen molar-refractivity contribution in [2.75, 3.05) is 0 Å². The van der Waals surface area contributed by atoms with Gasteiger partial charge in [-0.15, -0.1) is 0 Å². The topological polar surface area (TPSA) is 0 Å². The van der Waals surface area contributed by atoms with Crippen LogP contribution in [-0.2, 0) is 0 Å². The first-order chi connectivity index (χ1) is 4.18. The summed E-state index contributed by atoms with van der Waals surface area (Å²) in [6.45, 7) is 0. The van der Waals surface area contributed by atoms with Gasteiger partial charge in [-0.05, 0) is 22.6 Å². The van der Waals surface area contributed by atoms with Crippen LogP contribution in [0.4, 0.5) is 0 Å². The largest absolute Gasteiger partial charge is 0.113 e. The van der Waals surface area contributed by atoms with Gasteiger partial charge >= 0.3 is 0 Å². The van der Waals surface area contributed by atoms with Crippen molar-refractivity contribution in [3.8, 4) is 0 Å². The van der Waals surface area contributed by atoms with Gasteiger partial charge < -0.3 is 0 Å². The van der Waals surface area contributed by atoms with E-state index in [9.17, 15) is 0 Å². The molecule has 0 bridgehead atoms. The Morgan fingerprint density at radius 2 is 1.44 bits per heavy atom. The first-order valence-electron chi connectivity index (χ1n) is 2.50. The molecule has 1 aromatic rings. The molecule has 40 valence electrons. The maximum absolute atomic E-state index is 5.47. The highest BCUT2D eigenvalue weighted by Crippen LogP contribution is 1.96. The summed E-state index contributed by atoms with van der Waals surface area (Å²) in [6, 6.07) is 5.48. The van der Waals surface area contributed by atoms with Crippen molar-refractivity contribution in [2.45, 2.75) is 0 Å². The van der Waals surface area contributed by atoms with E-state index in [0.29, 0.717) is 0 Å². The fraction of sp³-hybridized carbons (Fsp3) is 0. The van der Waals surface area contributed by atoms with Gasteiger partial charge in [-0.3, -0.25) is 0 Å². The summed E-state index contributed by atoms with van der Waals surface area (Å²) in [5.74, 6) is 0. The normalized spacial score (nSPS) is 9.44. The number of hydrogen-bond acceptors (Lipinski definition) is 0. The summed E-state index contributed by atoms with van der Waals surface area (Å²) in [5.41, 5.74) is 1.44. The second-order valence-corrected chi connectivity index (χ2v) is 3.06. The predicted octanol–water partition coefficient (Wildman–Crippen LogP) is -0.121. The van der Waals surface area contributed by atoms with E-state index in [1.54, 1.807) is 6.07 Å². The van der Waals surface area contributed by atoms with Crippen LogP contribution in [-0.4, -0.2) is 15.7 Å². The minimum Gasteiger partial charge on any atom is -0.0962 e. The second-order valence-electron chi connectivity index (χ2n) is 1.82. The van der Waals surface area contributed by atoms with Crippen LogP contribution in [0.25, 0.3) is 0 Å². The summed E-state index contributed by atoms with van der Waals surface area (Å²) in [4.78, 5) is 0. The van der Waals surface area contributed by atoms with E-state index in [1.807, 2.05) is 12.1 Å². The smallest absolute Gasteiger partial charge is 0.0962 e. The van der Waals surface area contributed by atoms with Gasteiger partial charge in [-0.2, -0.15) is 0 Å². The zero-order chi connectivity index (χ0) is 6.85. The molecular weight excluding hydrogens is 221 g/mol. The summed E-state index contributed by atoms with van der Waals surface area (Å²) in [5, 5.41) is 0. The zero-order valence-corrected chi connectivity index (χ0v) is 6.92. The Kier molecular flexibility index (Phi) is 2.22. The Morgan fingerprint density at radius 1 is 1.00 bits per heavy atom. The molecule has 0 unspecified atom stereocenters. The molecule has 0 aliphatic rings. The first-order valence-corrected chi connectivity index (χ1v) is 3.58. The van der Waals surface area contributed by atoms with Gasteiger partial charge in [0.25, 0.3) is 0 Å². The van der Waals surface area contributed by atoms with Gasteiger partial charge in [0.05, 0.1) is 0 Å². The molecule has 0 heterocycles. The Balaban J connectivity index is 3.17. The van der Waals surface area contributed by atoms with Crippen LogP contribution in [0.15, 0.2) is 18.2 Å². The van der Waals surface area contributed by atoms with Crippen LogP contribution < -0.4 is 10.9 Å². The standard InChI is InChI=1S/C6H3B2I/c7-4-1-5(8)3-6(9)2-4/h1-3H. The lowest BCUT2D eigenvalue weighted by Gasteiger charge is -1.96. The van der Waals surface area contributed by atoms with Crippen molar-refractivity contribution in [3.63, 3.8) is 0 Å². The van der Waals surface area contributed by atoms with Gasteiger partial charge in [0.1, 0.15) is 15.7 Å². The van der Waals surface area contributed by atoms with Crippen LogP contribution in [0.2, 0.25) is 0 Å². The molecule has 0 N–H and O–H groups in total. The van der Waals surface area contributed by atoms with E-state index < -0.39 is 0 Å². The summed E-state index contributed by atoms with van der Waals surface area (Å²) in [7, 11) is 10.9. The Bertz CT molecular complexity index is 172. The van der Waals surface area contributed by atoms with Crippen LogP contribution in [0.3, 0.4) is 0 Å². The summed E-state index contributed by atoms with van der Waals surface area (Å²) < 4.78 is 1.07. The molecule has 0 aromatic heterocycles. The first kappa shape index (κ1) is 7.19. The van der Waals surface area contributed by atoms with Crippen LogP contribution in [0.1, 0.15) is 0 Å². The zero-order valence-electron chi connectivity index (χ0n) is 4.76. The Labute approximate surface area is 71.0 Å². The van der Waals surface area contributed by atoms with Crippen LogP contribution in [0.5, 0.6) is 0 Å². The van der Waals surface area contributed by atoms with Crippen molar-refractivity contribution in [1.29, 1.82) is 0 Å². The van der Waals surface area contributed by atoms with Gasteiger partial charge in [0.2, 0.25) is 0 Å². The van der Waals surface area contributed by atoms with E-state index in [0.717, 1.165) is 14.5 Å². The SMILES string of the molecule is [B]c1cc([B])cc(I)c1. The Hall–Kier alpha value is 0.0799. The van der Waals surface area contributed by atoms with Crippen molar-refractivity contribution < 1.29 is 0 Å². The van der Waals surface area contributed by atoms with Gasteiger partial charge in [0, 0.05) is 3.57 Å². The number of halogens is 1. The molecule has 3 heteroatoms. The van der Waals surface area contributed by atoms with Crippen molar-refractivity contribution in [1.82, 2.24) is 0 Å². The fourth-order valence-corrected chi connectivity index (χ4v) is 1.36. The minimum atomic E-state index is 0.722. The van der Waals surface area contributed by atoms with E-state index >= 15 is 0 Å². The predicted molar refractivity (Wildman–Crippen MR) is 49.9 cm³/mol. The molecule has 4 radical (unpaired) electrons. The summed E-state index contributed by atoms with van der Waals surface area (Å²) >= 11 is 2.17. The highest BCUT2D eigenvalue weighted by atomic mass is 127. The number of hydrogen-bond donors (Lipinski definition) is 0. The van der Waals surface area contributed by atoms with Crippen molar-refractivity contribution in [2.24, 2.45) is 0 Å². The van der Waals surface area contributed by atoms with Gasteiger partial charge in [-0.1, -0.05) is 29.1 Å². The molecule has 0 nitrogen and oxygen atoms in total. The minimum absolute atomic E-state index is 0.722. The third kappa shape index (κ3) is 2.05. The molecule has 0 aliphatic carbocycles. The van der Waals surface area contributed by atoms with Crippen molar-refractivity contribution >= 4 is 49.2 Å². The molecule has 0 amide bonds. The maximum atomic E-state index is 5.47. The highest BCUT2D eigenvalue weighted by Gasteiger charge is 1.88.